The maximum absolute atomic E-state index is 13.6. The van der Waals surface area contributed by atoms with Crippen molar-refractivity contribution in [1.29, 1.82) is 0 Å². The largest absolute Gasteiger partial charge is 0.476 e. The normalized spacial score (nSPS) is 10.3. The lowest BCUT2D eigenvalue weighted by Gasteiger charge is -2.03. The molecule has 0 spiro atoms. The van der Waals surface area contributed by atoms with Crippen LogP contribution < -0.4 is 0 Å². The molecule has 0 amide bonds. The zero-order valence-corrected chi connectivity index (χ0v) is 8.78. The Morgan fingerprint density at radius 1 is 1.44 bits per heavy atom. The Balaban J connectivity index is 2.62. The molecule has 7 nitrogen and oxygen atoms in total. The first-order chi connectivity index (χ1) is 8.50. The first kappa shape index (κ1) is 11.7. The van der Waals surface area contributed by atoms with Gasteiger partial charge in [0.25, 0.3) is 5.69 Å². The third-order valence-electron chi connectivity index (χ3n) is 2.20. The highest BCUT2D eigenvalue weighted by atomic mass is 19.1. The number of nitro groups is 1. The molecule has 0 aliphatic carbocycles. The van der Waals surface area contributed by atoms with Crippen molar-refractivity contribution in [3.8, 4) is 5.69 Å². The summed E-state index contributed by atoms with van der Waals surface area (Å²) in [5.74, 6) is -2.16. The number of hydrogen-bond acceptors (Lipinski definition) is 4. The molecule has 18 heavy (non-hydrogen) atoms. The Hall–Kier alpha value is -2.77. The van der Waals surface area contributed by atoms with E-state index in [4.69, 9.17) is 5.11 Å². The van der Waals surface area contributed by atoms with Crippen LogP contribution in [0.15, 0.2) is 30.5 Å². The van der Waals surface area contributed by atoms with E-state index in [9.17, 15) is 19.3 Å². The van der Waals surface area contributed by atoms with Crippen LogP contribution >= 0.6 is 0 Å². The molecule has 8 heteroatoms. The van der Waals surface area contributed by atoms with Crippen molar-refractivity contribution in [2.75, 3.05) is 0 Å². The number of nitro benzene ring substituents is 1. The summed E-state index contributed by atoms with van der Waals surface area (Å²) in [6.07, 6.45) is 1.15. The lowest BCUT2D eigenvalue weighted by molar-refractivity contribution is -0.384. The number of halogens is 1. The van der Waals surface area contributed by atoms with E-state index in [1.165, 1.54) is 6.07 Å². The number of carbonyl (C=O) groups is 1. The highest BCUT2D eigenvalue weighted by molar-refractivity contribution is 5.85. The number of carboxylic acids is 1. The fourth-order valence-corrected chi connectivity index (χ4v) is 1.44. The molecular formula is C10H6FN3O4. The van der Waals surface area contributed by atoms with Crippen molar-refractivity contribution in [1.82, 2.24) is 9.78 Å². The fourth-order valence-electron chi connectivity index (χ4n) is 1.44. The lowest BCUT2D eigenvalue weighted by atomic mass is 10.2. The summed E-state index contributed by atoms with van der Waals surface area (Å²) in [7, 11) is 0. The quantitative estimate of drug-likeness (QED) is 0.660. The second kappa shape index (κ2) is 4.24. The van der Waals surface area contributed by atoms with Gasteiger partial charge in [0.1, 0.15) is 0 Å². The summed E-state index contributed by atoms with van der Waals surface area (Å²) >= 11 is 0. The summed E-state index contributed by atoms with van der Waals surface area (Å²) in [4.78, 5) is 20.7. The fraction of sp³-hybridized carbons (Fsp3) is 0. The number of rotatable bonds is 3. The maximum Gasteiger partial charge on any atom is 0.356 e. The van der Waals surface area contributed by atoms with Crippen LogP contribution in [0.5, 0.6) is 0 Å². The minimum Gasteiger partial charge on any atom is -0.476 e. The molecule has 0 aliphatic heterocycles. The van der Waals surface area contributed by atoms with Crippen LogP contribution in [0, 0.1) is 15.9 Å². The van der Waals surface area contributed by atoms with E-state index >= 15 is 0 Å². The third-order valence-corrected chi connectivity index (χ3v) is 2.20. The van der Waals surface area contributed by atoms with Gasteiger partial charge in [0.2, 0.25) is 0 Å². The van der Waals surface area contributed by atoms with E-state index in [1.807, 2.05) is 0 Å². The number of para-hydroxylation sites is 1. The molecule has 1 aromatic carbocycles. The Bertz CT molecular complexity index is 638. The topological polar surface area (TPSA) is 98.3 Å². The first-order valence-electron chi connectivity index (χ1n) is 4.73. The molecule has 1 aromatic heterocycles. The van der Waals surface area contributed by atoms with E-state index in [-0.39, 0.29) is 5.69 Å². The van der Waals surface area contributed by atoms with Gasteiger partial charge in [-0.05, 0) is 12.1 Å². The number of benzene rings is 1. The van der Waals surface area contributed by atoms with Crippen molar-refractivity contribution in [3.05, 3.63) is 52.1 Å². The highest BCUT2D eigenvalue weighted by Gasteiger charge is 2.21. The van der Waals surface area contributed by atoms with Crippen LogP contribution in [0.1, 0.15) is 10.5 Å². The summed E-state index contributed by atoms with van der Waals surface area (Å²) < 4.78 is 14.4. The van der Waals surface area contributed by atoms with E-state index < -0.39 is 28.1 Å². The van der Waals surface area contributed by atoms with Crippen molar-refractivity contribution in [2.45, 2.75) is 0 Å². The number of aromatic nitrogens is 2. The van der Waals surface area contributed by atoms with E-state index in [0.29, 0.717) is 0 Å². The van der Waals surface area contributed by atoms with Crippen LogP contribution in [0.3, 0.4) is 0 Å². The second-order valence-electron chi connectivity index (χ2n) is 3.32. The molecule has 0 bridgehead atoms. The number of aromatic carboxylic acids is 1. The van der Waals surface area contributed by atoms with Gasteiger partial charge < -0.3 is 5.11 Å². The number of nitrogens with zero attached hydrogens (tertiary/aromatic N) is 3. The van der Waals surface area contributed by atoms with E-state index in [1.54, 1.807) is 0 Å². The van der Waals surface area contributed by atoms with Crippen molar-refractivity contribution >= 4 is 11.7 Å². The van der Waals surface area contributed by atoms with Crippen LogP contribution in [0.25, 0.3) is 5.69 Å². The smallest absolute Gasteiger partial charge is 0.356 e. The summed E-state index contributed by atoms with van der Waals surface area (Å²) in [6.45, 7) is 0. The second-order valence-corrected chi connectivity index (χ2v) is 3.32. The van der Waals surface area contributed by atoms with Gasteiger partial charge in [0.05, 0.1) is 4.92 Å². The standard InChI is InChI=1S/C10H6FN3O4/c11-6-2-1-3-8(14(17)18)9(6)13-5-4-7(12-13)10(15)16/h1-5H,(H,15,16). The molecule has 0 unspecified atom stereocenters. The molecule has 1 N–H and O–H groups in total. The molecule has 2 aromatic rings. The Kier molecular flexibility index (Phi) is 2.76. The Morgan fingerprint density at radius 2 is 2.17 bits per heavy atom. The zero-order chi connectivity index (χ0) is 13.3. The summed E-state index contributed by atoms with van der Waals surface area (Å²) in [5, 5.41) is 23.0. The predicted octanol–water partition coefficient (Wildman–Crippen LogP) is 1.62. The monoisotopic (exact) mass is 251 g/mol. The SMILES string of the molecule is O=C(O)c1ccn(-c2c(F)cccc2[N+](=O)[O-])n1. The van der Waals surface area contributed by atoms with E-state index in [2.05, 4.69) is 5.10 Å². The van der Waals surface area contributed by atoms with Gasteiger partial charge in [0.15, 0.2) is 17.2 Å². The van der Waals surface area contributed by atoms with Crippen molar-refractivity contribution in [3.63, 3.8) is 0 Å². The van der Waals surface area contributed by atoms with Gasteiger partial charge in [0, 0.05) is 12.3 Å². The van der Waals surface area contributed by atoms with Crippen LogP contribution in [0.2, 0.25) is 0 Å². The predicted molar refractivity (Wildman–Crippen MR) is 57.1 cm³/mol. The van der Waals surface area contributed by atoms with Gasteiger partial charge in [-0.2, -0.15) is 5.10 Å². The molecule has 0 fully saturated rings. The van der Waals surface area contributed by atoms with Crippen LogP contribution in [-0.4, -0.2) is 25.8 Å². The molecular weight excluding hydrogens is 245 g/mol. The summed E-state index contributed by atoms with van der Waals surface area (Å²) in [5.41, 5.74) is -1.21. The first-order valence-corrected chi connectivity index (χ1v) is 4.73. The zero-order valence-electron chi connectivity index (χ0n) is 8.78. The van der Waals surface area contributed by atoms with Crippen molar-refractivity contribution < 1.29 is 19.2 Å². The van der Waals surface area contributed by atoms with Gasteiger partial charge in [-0.1, -0.05) is 6.07 Å². The molecule has 0 atom stereocenters. The van der Waals surface area contributed by atoms with Crippen molar-refractivity contribution in [2.24, 2.45) is 0 Å². The van der Waals surface area contributed by atoms with E-state index in [0.717, 1.165) is 29.1 Å². The summed E-state index contributed by atoms with van der Waals surface area (Å²) in [6, 6.07) is 4.46. The third kappa shape index (κ3) is 1.90. The van der Waals surface area contributed by atoms with Crippen LogP contribution in [-0.2, 0) is 0 Å². The lowest BCUT2D eigenvalue weighted by Crippen LogP contribution is -2.05. The van der Waals surface area contributed by atoms with Gasteiger partial charge in [-0.3, -0.25) is 10.1 Å². The van der Waals surface area contributed by atoms with Gasteiger partial charge >= 0.3 is 5.97 Å². The number of hydrogen-bond donors (Lipinski definition) is 1. The molecule has 2 rings (SSSR count). The molecule has 92 valence electrons. The average Bonchev–Trinajstić information content (AvgIpc) is 2.77. The van der Waals surface area contributed by atoms with Gasteiger partial charge in [-0.15, -0.1) is 0 Å². The minimum atomic E-state index is -1.30. The molecule has 0 saturated heterocycles. The minimum absolute atomic E-state index is 0.326. The van der Waals surface area contributed by atoms with Crippen LogP contribution in [0.4, 0.5) is 10.1 Å². The van der Waals surface area contributed by atoms with Gasteiger partial charge in [-0.25, -0.2) is 13.9 Å². The molecule has 0 aliphatic rings. The molecule has 1 heterocycles. The molecule has 0 radical (unpaired) electrons. The molecule has 0 saturated carbocycles. The number of carboxylic acid groups (broad SMARTS) is 1. The highest BCUT2D eigenvalue weighted by Crippen LogP contribution is 2.24. The maximum atomic E-state index is 13.6. The average molecular weight is 251 g/mol. The Labute approximate surface area is 99.2 Å². The Morgan fingerprint density at radius 3 is 2.72 bits per heavy atom.